The second-order valence-electron chi connectivity index (χ2n) is 6.79. The maximum absolute atomic E-state index is 11.9. The summed E-state index contributed by atoms with van der Waals surface area (Å²) in [7, 11) is 0. The molecule has 1 nitrogen and oxygen atoms in total. The molecule has 0 N–H and O–H groups in total. The second kappa shape index (κ2) is 7.31. The van der Waals surface area contributed by atoms with Gasteiger partial charge in [-0.25, -0.2) is 0 Å². The molecule has 0 heterocycles. The van der Waals surface area contributed by atoms with Gasteiger partial charge in [-0.3, -0.25) is 4.79 Å². The van der Waals surface area contributed by atoms with Gasteiger partial charge in [-0.15, -0.1) is 0 Å². The topological polar surface area (TPSA) is 17.1 Å². The third kappa shape index (κ3) is 4.40. The van der Waals surface area contributed by atoms with Crippen LogP contribution in [0.4, 0.5) is 0 Å². The van der Waals surface area contributed by atoms with Crippen LogP contribution < -0.4 is 0 Å². The molecule has 0 saturated heterocycles. The Kier molecular flexibility index (Phi) is 5.72. The average Bonchev–Trinajstić information content (AvgIpc) is 2.40. The second-order valence-corrected chi connectivity index (χ2v) is 6.79. The molecule has 2 saturated carbocycles. The van der Waals surface area contributed by atoms with E-state index in [1.54, 1.807) is 0 Å². The monoisotopic (exact) mass is 250 g/mol. The number of hydrogen-bond donors (Lipinski definition) is 0. The molecule has 2 rings (SSSR count). The Morgan fingerprint density at radius 2 is 1.22 bits per heavy atom. The highest BCUT2D eigenvalue weighted by atomic mass is 16.1. The number of hydrogen-bond acceptors (Lipinski definition) is 1. The predicted molar refractivity (Wildman–Crippen MR) is 76.6 cm³/mol. The van der Waals surface area contributed by atoms with Crippen molar-refractivity contribution >= 4 is 5.78 Å². The van der Waals surface area contributed by atoms with Crippen LogP contribution in [0.5, 0.6) is 0 Å². The van der Waals surface area contributed by atoms with E-state index < -0.39 is 0 Å². The van der Waals surface area contributed by atoms with Crippen LogP contribution in [-0.4, -0.2) is 5.78 Å². The molecule has 0 spiro atoms. The number of ketones is 1. The lowest BCUT2D eigenvalue weighted by Gasteiger charge is -2.29. The van der Waals surface area contributed by atoms with Gasteiger partial charge in [-0.2, -0.15) is 0 Å². The van der Waals surface area contributed by atoms with Crippen molar-refractivity contribution in [1.82, 2.24) is 0 Å². The molecular weight excluding hydrogens is 220 g/mol. The van der Waals surface area contributed by atoms with Gasteiger partial charge < -0.3 is 0 Å². The summed E-state index contributed by atoms with van der Waals surface area (Å²) in [6, 6.07) is 0. The van der Waals surface area contributed by atoms with Crippen LogP contribution in [0.15, 0.2) is 0 Å². The van der Waals surface area contributed by atoms with Gasteiger partial charge in [0.05, 0.1) is 0 Å². The zero-order chi connectivity index (χ0) is 12.8. The zero-order valence-corrected chi connectivity index (χ0v) is 12.1. The van der Waals surface area contributed by atoms with Gasteiger partial charge in [-0.1, -0.05) is 64.2 Å². The molecule has 0 radical (unpaired) electrons. The van der Waals surface area contributed by atoms with Gasteiger partial charge >= 0.3 is 0 Å². The maximum Gasteiger partial charge on any atom is 0.132 e. The molecule has 104 valence electrons. The van der Waals surface area contributed by atoms with Gasteiger partial charge in [0.2, 0.25) is 0 Å². The van der Waals surface area contributed by atoms with Crippen LogP contribution in [0.2, 0.25) is 0 Å². The summed E-state index contributed by atoms with van der Waals surface area (Å²) in [6.45, 7) is 1.83. The molecular formula is C17H30O. The van der Waals surface area contributed by atoms with E-state index in [1.807, 2.05) is 6.92 Å². The van der Waals surface area contributed by atoms with E-state index in [4.69, 9.17) is 0 Å². The van der Waals surface area contributed by atoms with Gasteiger partial charge in [0.1, 0.15) is 5.78 Å². The van der Waals surface area contributed by atoms with E-state index in [1.165, 1.54) is 77.0 Å². The number of rotatable bonds is 5. The van der Waals surface area contributed by atoms with Crippen LogP contribution in [0.3, 0.4) is 0 Å². The lowest BCUT2D eigenvalue weighted by molar-refractivity contribution is -0.122. The summed E-state index contributed by atoms with van der Waals surface area (Å²) < 4.78 is 0. The summed E-state index contributed by atoms with van der Waals surface area (Å²) in [5.74, 6) is 2.56. The first-order valence-electron chi connectivity index (χ1n) is 8.26. The van der Waals surface area contributed by atoms with E-state index in [0.717, 1.165) is 11.8 Å². The van der Waals surface area contributed by atoms with Crippen LogP contribution in [-0.2, 0) is 4.79 Å². The van der Waals surface area contributed by atoms with Gasteiger partial charge in [0.25, 0.3) is 0 Å². The first-order chi connectivity index (χ1) is 8.75. The fourth-order valence-corrected chi connectivity index (χ4v) is 4.08. The Bertz CT molecular complexity index is 226. The van der Waals surface area contributed by atoms with Crippen molar-refractivity contribution in [2.75, 3.05) is 0 Å². The molecule has 2 aliphatic carbocycles. The molecule has 0 amide bonds. The lowest BCUT2D eigenvalue weighted by atomic mass is 9.76. The quantitative estimate of drug-likeness (QED) is 0.661. The Hall–Kier alpha value is -0.330. The third-order valence-electron chi connectivity index (χ3n) is 5.26. The Labute approximate surface area is 113 Å². The highest BCUT2D eigenvalue weighted by Gasteiger charge is 2.25. The summed E-state index contributed by atoms with van der Waals surface area (Å²) in [4.78, 5) is 11.9. The smallest absolute Gasteiger partial charge is 0.132 e. The Morgan fingerprint density at radius 3 is 1.56 bits per heavy atom. The molecule has 0 aliphatic heterocycles. The molecule has 0 bridgehead atoms. The van der Waals surface area contributed by atoms with E-state index in [-0.39, 0.29) is 0 Å². The lowest BCUT2D eigenvalue weighted by Crippen LogP contribution is -2.22. The van der Waals surface area contributed by atoms with Crippen LogP contribution >= 0.6 is 0 Å². The van der Waals surface area contributed by atoms with Gasteiger partial charge in [-0.05, 0) is 31.6 Å². The number of carbonyl (C=O) groups is 1. The average molecular weight is 250 g/mol. The molecule has 18 heavy (non-hydrogen) atoms. The number of carbonyl (C=O) groups excluding carboxylic acids is 1. The maximum atomic E-state index is 11.9. The molecule has 1 heteroatoms. The van der Waals surface area contributed by atoms with Crippen LogP contribution in [0.25, 0.3) is 0 Å². The summed E-state index contributed by atoms with van der Waals surface area (Å²) >= 11 is 0. The van der Waals surface area contributed by atoms with Crippen molar-refractivity contribution in [3.8, 4) is 0 Å². The van der Waals surface area contributed by atoms with Gasteiger partial charge in [0.15, 0.2) is 0 Å². The molecule has 0 unspecified atom stereocenters. The molecule has 0 aromatic heterocycles. The fourth-order valence-electron chi connectivity index (χ4n) is 4.08. The summed E-state index contributed by atoms with van der Waals surface area (Å²) in [6.07, 6.45) is 16.4. The van der Waals surface area contributed by atoms with E-state index >= 15 is 0 Å². The first-order valence-corrected chi connectivity index (χ1v) is 8.26. The Balaban J connectivity index is 1.80. The van der Waals surface area contributed by atoms with E-state index in [2.05, 4.69) is 0 Å². The molecule has 0 aromatic carbocycles. The number of Topliss-reactive ketones (excluding diaryl/α,β-unsaturated/α-hetero) is 1. The fraction of sp³-hybridized carbons (Fsp3) is 0.941. The van der Waals surface area contributed by atoms with E-state index in [9.17, 15) is 4.79 Å². The standard InChI is InChI=1S/C17H30O/c1-14(18)17(12-15-8-4-2-5-9-15)13-16-10-6-3-7-11-16/h15-17H,2-13H2,1H3. The molecule has 0 aromatic rings. The predicted octanol–water partition coefficient (Wildman–Crippen LogP) is 5.13. The van der Waals surface area contributed by atoms with Crippen molar-refractivity contribution in [3.63, 3.8) is 0 Å². The van der Waals surface area contributed by atoms with Crippen molar-refractivity contribution in [3.05, 3.63) is 0 Å². The first kappa shape index (κ1) is 14.1. The van der Waals surface area contributed by atoms with Crippen molar-refractivity contribution in [2.24, 2.45) is 17.8 Å². The van der Waals surface area contributed by atoms with Crippen LogP contribution in [0, 0.1) is 17.8 Å². The Morgan fingerprint density at radius 1 is 0.833 bits per heavy atom. The largest absolute Gasteiger partial charge is 0.300 e. The zero-order valence-electron chi connectivity index (χ0n) is 12.1. The third-order valence-corrected chi connectivity index (χ3v) is 5.26. The highest BCUT2D eigenvalue weighted by molar-refractivity contribution is 5.78. The molecule has 0 atom stereocenters. The highest BCUT2D eigenvalue weighted by Crippen LogP contribution is 2.35. The van der Waals surface area contributed by atoms with Crippen LogP contribution in [0.1, 0.15) is 84.0 Å². The summed E-state index contributed by atoms with van der Waals surface area (Å²) in [5, 5.41) is 0. The SMILES string of the molecule is CC(=O)C(CC1CCCCC1)CC1CCCCC1. The molecule has 2 fully saturated rings. The minimum atomic E-state index is 0.385. The normalized spacial score (nSPS) is 23.4. The van der Waals surface area contributed by atoms with Crippen molar-refractivity contribution < 1.29 is 4.79 Å². The van der Waals surface area contributed by atoms with Crippen molar-refractivity contribution in [1.29, 1.82) is 0 Å². The van der Waals surface area contributed by atoms with Gasteiger partial charge in [0, 0.05) is 5.92 Å². The van der Waals surface area contributed by atoms with Crippen molar-refractivity contribution in [2.45, 2.75) is 84.0 Å². The minimum absolute atomic E-state index is 0.385. The summed E-state index contributed by atoms with van der Waals surface area (Å²) in [5.41, 5.74) is 0. The molecule has 2 aliphatic rings. The minimum Gasteiger partial charge on any atom is -0.300 e. The van der Waals surface area contributed by atoms with E-state index in [0.29, 0.717) is 11.7 Å².